The van der Waals surface area contributed by atoms with E-state index in [9.17, 15) is 18.0 Å². The van der Waals surface area contributed by atoms with E-state index in [1.165, 1.54) is 0 Å². The van der Waals surface area contributed by atoms with Gasteiger partial charge in [0.25, 0.3) is 0 Å². The first-order valence-electron chi connectivity index (χ1n) is 4.27. The Balaban J connectivity index is 3.46. The highest BCUT2D eigenvalue weighted by Gasteiger charge is 2.35. The summed E-state index contributed by atoms with van der Waals surface area (Å²) in [6.45, 7) is 0. The average molecular weight is 308 g/mol. The molecule has 0 radical (unpaired) electrons. The van der Waals surface area contributed by atoms with Gasteiger partial charge in [0.2, 0.25) is 0 Å². The Kier molecular flexibility index (Phi) is 3.78. The molecule has 17 heavy (non-hydrogen) atoms. The number of rotatable bonds is 2. The third-order valence-corrected chi connectivity index (χ3v) is 2.67. The largest absolute Gasteiger partial charge is 0.481 e. The lowest BCUT2D eigenvalue weighted by Crippen LogP contribution is -2.13. The van der Waals surface area contributed by atoms with Gasteiger partial charge < -0.3 is 5.11 Å². The van der Waals surface area contributed by atoms with Crippen molar-refractivity contribution in [3.05, 3.63) is 33.3 Å². The van der Waals surface area contributed by atoms with Crippen LogP contribution >= 0.6 is 15.9 Å². The minimum Gasteiger partial charge on any atom is -0.481 e. The van der Waals surface area contributed by atoms with Crippen LogP contribution in [0.1, 0.15) is 16.7 Å². The van der Waals surface area contributed by atoms with Crippen LogP contribution in [0.4, 0.5) is 13.2 Å². The van der Waals surface area contributed by atoms with Gasteiger partial charge >= 0.3 is 12.1 Å². The van der Waals surface area contributed by atoms with Crippen molar-refractivity contribution in [3.8, 4) is 6.07 Å². The average Bonchev–Trinajstić information content (AvgIpc) is 2.18. The Morgan fingerprint density at radius 1 is 1.47 bits per heavy atom. The van der Waals surface area contributed by atoms with E-state index in [-0.39, 0.29) is 15.6 Å². The summed E-state index contributed by atoms with van der Waals surface area (Å²) >= 11 is 2.85. The van der Waals surface area contributed by atoms with Crippen molar-refractivity contribution in [2.24, 2.45) is 0 Å². The zero-order valence-corrected chi connectivity index (χ0v) is 9.76. The summed E-state index contributed by atoms with van der Waals surface area (Å²) in [5, 5.41) is 17.1. The second-order valence-electron chi connectivity index (χ2n) is 3.16. The lowest BCUT2D eigenvalue weighted by molar-refractivity contribution is -0.139. The van der Waals surface area contributed by atoms with Crippen molar-refractivity contribution in [2.45, 2.75) is 12.6 Å². The zero-order valence-electron chi connectivity index (χ0n) is 8.18. The molecular weight excluding hydrogens is 303 g/mol. The third kappa shape index (κ3) is 3.20. The van der Waals surface area contributed by atoms with Crippen molar-refractivity contribution < 1.29 is 23.1 Å². The summed E-state index contributed by atoms with van der Waals surface area (Å²) in [5.74, 6) is -1.37. The van der Waals surface area contributed by atoms with Gasteiger partial charge in [-0.05, 0) is 17.7 Å². The molecule has 0 heterocycles. The van der Waals surface area contributed by atoms with Crippen molar-refractivity contribution in [3.63, 3.8) is 0 Å². The predicted molar refractivity (Wildman–Crippen MR) is 55.2 cm³/mol. The molecule has 7 heteroatoms. The van der Waals surface area contributed by atoms with Crippen LogP contribution in [-0.2, 0) is 17.4 Å². The third-order valence-electron chi connectivity index (χ3n) is 1.96. The van der Waals surface area contributed by atoms with E-state index in [2.05, 4.69) is 15.9 Å². The van der Waals surface area contributed by atoms with E-state index in [1.54, 1.807) is 6.07 Å². The summed E-state index contributed by atoms with van der Waals surface area (Å²) < 4.78 is 38.0. The van der Waals surface area contributed by atoms with Gasteiger partial charge in [0.1, 0.15) is 0 Å². The highest BCUT2D eigenvalue weighted by Crippen LogP contribution is 2.36. The van der Waals surface area contributed by atoms with E-state index >= 15 is 0 Å². The topological polar surface area (TPSA) is 61.1 Å². The molecule has 1 aromatic rings. The summed E-state index contributed by atoms with van der Waals surface area (Å²) in [6.07, 6.45) is -5.46. The number of carboxylic acid groups (broad SMARTS) is 1. The molecule has 0 amide bonds. The molecule has 0 fully saturated rings. The first-order chi connectivity index (χ1) is 7.75. The van der Waals surface area contributed by atoms with E-state index in [1.807, 2.05) is 0 Å². The van der Waals surface area contributed by atoms with Gasteiger partial charge in [0.15, 0.2) is 0 Å². The first-order valence-corrected chi connectivity index (χ1v) is 5.06. The monoisotopic (exact) mass is 307 g/mol. The van der Waals surface area contributed by atoms with Crippen LogP contribution in [0.25, 0.3) is 0 Å². The fraction of sp³-hybridized carbons (Fsp3) is 0.200. The van der Waals surface area contributed by atoms with E-state index in [4.69, 9.17) is 10.4 Å². The van der Waals surface area contributed by atoms with E-state index in [0.29, 0.717) is 6.07 Å². The molecule has 0 aliphatic carbocycles. The molecule has 0 bridgehead atoms. The summed E-state index contributed by atoms with van der Waals surface area (Å²) in [4.78, 5) is 10.5. The van der Waals surface area contributed by atoms with Gasteiger partial charge in [-0.25, -0.2) is 0 Å². The molecule has 0 saturated carbocycles. The number of alkyl halides is 3. The fourth-order valence-corrected chi connectivity index (χ4v) is 1.89. The summed E-state index contributed by atoms with van der Waals surface area (Å²) in [6, 6.07) is 3.39. The lowest BCUT2D eigenvalue weighted by atomic mass is 10.0. The van der Waals surface area contributed by atoms with Crippen molar-refractivity contribution >= 4 is 21.9 Å². The smallest absolute Gasteiger partial charge is 0.416 e. The quantitative estimate of drug-likeness (QED) is 0.913. The number of nitriles is 1. The van der Waals surface area contributed by atoms with Crippen molar-refractivity contribution in [1.82, 2.24) is 0 Å². The van der Waals surface area contributed by atoms with Crippen LogP contribution in [0.5, 0.6) is 0 Å². The Hall–Kier alpha value is -1.55. The molecule has 90 valence electrons. The fourth-order valence-electron chi connectivity index (χ4n) is 1.28. The predicted octanol–water partition coefficient (Wildman–Crippen LogP) is 2.97. The second-order valence-corrected chi connectivity index (χ2v) is 4.02. The highest BCUT2D eigenvalue weighted by molar-refractivity contribution is 9.10. The molecule has 1 aromatic carbocycles. The summed E-state index contributed by atoms with van der Waals surface area (Å²) in [5.41, 5.74) is -1.67. The van der Waals surface area contributed by atoms with Crippen molar-refractivity contribution in [2.75, 3.05) is 0 Å². The van der Waals surface area contributed by atoms with Gasteiger partial charge in [-0.2, -0.15) is 18.4 Å². The van der Waals surface area contributed by atoms with Crippen LogP contribution in [0, 0.1) is 11.3 Å². The van der Waals surface area contributed by atoms with Crippen LogP contribution in [-0.4, -0.2) is 11.1 Å². The number of hydrogen-bond donors (Lipinski definition) is 1. The highest BCUT2D eigenvalue weighted by atomic mass is 79.9. The van der Waals surface area contributed by atoms with Gasteiger partial charge in [0, 0.05) is 4.47 Å². The maximum absolute atomic E-state index is 12.7. The van der Waals surface area contributed by atoms with Crippen LogP contribution in [0.2, 0.25) is 0 Å². The number of benzene rings is 1. The Morgan fingerprint density at radius 3 is 2.47 bits per heavy atom. The van der Waals surface area contributed by atoms with Crippen LogP contribution < -0.4 is 0 Å². The standard InChI is InChI=1S/C10H5BrF3NO2/c11-8-2-5(4-15)1-7(10(12,13)14)6(8)3-9(16)17/h1-2H,3H2,(H,16,17). The maximum atomic E-state index is 12.7. The number of nitrogens with zero attached hydrogens (tertiary/aromatic N) is 1. The Bertz CT molecular complexity index is 505. The molecule has 0 aliphatic rings. The molecule has 0 spiro atoms. The molecule has 0 aliphatic heterocycles. The SMILES string of the molecule is N#Cc1cc(Br)c(CC(=O)O)c(C(F)(F)F)c1. The first kappa shape index (κ1) is 13.5. The van der Waals surface area contributed by atoms with Gasteiger partial charge in [-0.1, -0.05) is 15.9 Å². The number of carbonyl (C=O) groups is 1. The Labute approximate surface area is 103 Å². The van der Waals surface area contributed by atoms with Crippen LogP contribution in [0.3, 0.4) is 0 Å². The lowest BCUT2D eigenvalue weighted by Gasteiger charge is -2.13. The molecule has 0 saturated heterocycles. The maximum Gasteiger partial charge on any atom is 0.416 e. The Morgan fingerprint density at radius 2 is 2.06 bits per heavy atom. The van der Waals surface area contributed by atoms with Crippen molar-refractivity contribution in [1.29, 1.82) is 5.26 Å². The van der Waals surface area contributed by atoms with E-state index < -0.39 is 24.1 Å². The molecule has 0 unspecified atom stereocenters. The molecule has 3 nitrogen and oxygen atoms in total. The summed E-state index contributed by atoms with van der Waals surface area (Å²) in [7, 11) is 0. The second kappa shape index (κ2) is 4.75. The molecule has 0 atom stereocenters. The molecule has 1 N–H and O–H groups in total. The molecule has 0 aromatic heterocycles. The minimum absolute atomic E-state index is 0.0359. The van der Waals surface area contributed by atoms with Gasteiger partial charge in [-0.15, -0.1) is 0 Å². The number of aliphatic carboxylic acids is 1. The number of carboxylic acids is 1. The van der Waals surface area contributed by atoms with Crippen LogP contribution in [0.15, 0.2) is 16.6 Å². The normalized spacial score (nSPS) is 11.0. The van der Waals surface area contributed by atoms with Gasteiger partial charge in [-0.3, -0.25) is 4.79 Å². The number of hydrogen-bond acceptors (Lipinski definition) is 2. The minimum atomic E-state index is -4.69. The zero-order chi connectivity index (χ0) is 13.2. The van der Waals surface area contributed by atoms with E-state index in [0.717, 1.165) is 6.07 Å². The van der Waals surface area contributed by atoms with Gasteiger partial charge in [0.05, 0.1) is 23.6 Å². The molecule has 1 rings (SSSR count). The number of halogens is 4. The molecular formula is C10H5BrF3NO2.